The van der Waals surface area contributed by atoms with Crippen LogP contribution in [0, 0.1) is 23.7 Å². The van der Waals surface area contributed by atoms with Crippen molar-refractivity contribution >= 4 is 5.78 Å². The molecule has 3 fully saturated rings. The van der Waals surface area contributed by atoms with E-state index < -0.39 is 0 Å². The van der Waals surface area contributed by atoms with Crippen LogP contribution in [-0.2, 0) is 17.8 Å². The fourth-order valence-corrected chi connectivity index (χ4v) is 6.52. The molecule has 0 amide bonds. The molecular formula is C26H31NO. The third-order valence-corrected chi connectivity index (χ3v) is 7.70. The van der Waals surface area contributed by atoms with Crippen molar-refractivity contribution in [2.75, 3.05) is 6.54 Å². The Balaban J connectivity index is 1.38. The van der Waals surface area contributed by atoms with E-state index in [9.17, 15) is 4.79 Å². The van der Waals surface area contributed by atoms with Crippen LogP contribution in [0.25, 0.3) is 0 Å². The largest absolute Gasteiger partial charge is 0.299 e. The van der Waals surface area contributed by atoms with Crippen LogP contribution < -0.4 is 0 Å². The Hall–Kier alpha value is -1.93. The second kappa shape index (κ2) is 7.83. The minimum absolute atomic E-state index is 0.239. The van der Waals surface area contributed by atoms with Crippen molar-refractivity contribution in [3.05, 3.63) is 71.8 Å². The van der Waals surface area contributed by atoms with Gasteiger partial charge in [0.05, 0.1) is 0 Å². The van der Waals surface area contributed by atoms with Crippen LogP contribution in [0.1, 0.15) is 43.2 Å². The van der Waals surface area contributed by atoms with Gasteiger partial charge < -0.3 is 0 Å². The van der Waals surface area contributed by atoms with Crippen LogP contribution in [0.2, 0.25) is 0 Å². The van der Waals surface area contributed by atoms with Crippen molar-refractivity contribution in [3.63, 3.8) is 0 Å². The zero-order valence-electron chi connectivity index (χ0n) is 16.7. The van der Waals surface area contributed by atoms with Gasteiger partial charge in [0.2, 0.25) is 0 Å². The zero-order chi connectivity index (χ0) is 18.9. The van der Waals surface area contributed by atoms with Crippen LogP contribution in [0.4, 0.5) is 0 Å². The van der Waals surface area contributed by atoms with E-state index in [-0.39, 0.29) is 5.92 Å². The Morgan fingerprint density at radius 2 is 1.57 bits per heavy atom. The summed E-state index contributed by atoms with van der Waals surface area (Å²) in [7, 11) is 0. The second-order valence-electron chi connectivity index (χ2n) is 9.21. The second-order valence-corrected chi connectivity index (χ2v) is 9.21. The number of likely N-dealkylation sites (tertiary alicyclic amines) is 1. The summed E-state index contributed by atoms with van der Waals surface area (Å²) in [5.41, 5.74) is 2.76. The van der Waals surface area contributed by atoms with Crippen LogP contribution in [0.15, 0.2) is 60.7 Å². The zero-order valence-corrected chi connectivity index (χ0v) is 16.7. The molecule has 1 heterocycles. The number of nitrogens with zero attached hydrogens (tertiary/aromatic N) is 1. The topological polar surface area (TPSA) is 20.3 Å². The maximum absolute atomic E-state index is 13.1. The van der Waals surface area contributed by atoms with E-state index in [0.717, 1.165) is 31.8 Å². The monoisotopic (exact) mass is 373 g/mol. The highest BCUT2D eigenvalue weighted by molar-refractivity contribution is 5.83. The summed E-state index contributed by atoms with van der Waals surface area (Å²) in [5.74, 6) is 2.72. The average molecular weight is 374 g/mol. The highest BCUT2D eigenvalue weighted by Crippen LogP contribution is 2.51. The quantitative estimate of drug-likeness (QED) is 0.741. The van der Waals surface area contributed by atoms with E-state index in [0.29, 0.717) is 23.7 Å². The SMILES string of the molecule is O=C1C[C@H]2CCN(Cc3ccccc3)[C@H]3CCC[C@H]([C@H]23)[C@@H]1Cc1ccccc1. The van der Waals surface area contributed by atoms with Gasteiger partial charge in [-0.3, -0.25) is 9.69 Å². The number of Topliss-reactive ketones (excluding diaryl/α,β-unsaturated/α-hetero) is 1. The third kappa shape index (κ3) is 3.43. The molecule has 28 heavy (non-hydrogen) atoms. The van der Waals surface area contributed by atoms with Crippen LogP contribution in [0.5, 0.6) is 0 Å². The normalized spacial score (nSPS) is 32.7. The molecule has 0 aromatic heterocycles. The van der Waals surface area contributed by atoms with E-state index in [2.05, 4.69) is 65.6 Å². The summed E-state index contributed by atoms with van der Waals surface area (Å²) < 4.78 is 0. The molecule has 1 aliphatic heterocycles. The van der Waals surface area contributed by atoms with Gasteiger partial charge in [-0.2, -0.15) is 0 Å². The van der Waals surface area contributed by atoms with Gasteiger partial charge in [0.25, 0.3) is 0 Å². The summed E-state index contributed by atoms with van der Waals surface area (Å²) >= 11 is 0. The van der Waals surface area contributed by atoms with E-state index in [1.54, 1.807) is 0 Å². The molecule has 2 aromatic carbocycles. The molecule has 2 aromatic rings. The van der Waals surface area contributed by atoms with Crippen molar-refractivity contribution in [3.8, 4) is 0 Å². The Morgan fingerprint density at radius 1 is 0.857 bits per heavy atom. The number of benzene rings is 2. The van der Waals surface area contributed by atoms with Gasteiger partial charge in [0.1, 0.15) is 5.78 Å². The number of ketones is 1. The molecule has 0 spiro atoms. The van der Waals surface area contributed by atoms with E-state index >= 15 is 0 Å². The number of carbonyl (C=O) groups excluding carboxylic acids is 1. The van der Waals surface area contributed by atoms with Gasteiger partial charge in [-0.25, -0.2) is 0 Å². The van der Waals surface area contributed by atoms with Crippen LogP contribution >= 0.6 is 0 Å². The van der Waals surface area contributed by atoms with Crippen molar-refractivity contribution < 1.29 is 4.79 Å². The molecule has 0 unspecified atom stereocenters. The molecule has 2 saturated carbocycles. The first kappa shape index (κ1) is 18.1. The lowest BCUT2D eigenvalue weighted by molar-refractivity contribution is -0.139. The summed E-state index contributed by atoms with van der Waals surface area (Å²) in [6.45, 7) is 2.23. The standard InChI is InChI=1S/C26H31NO/c28-25-17-21-14-15-27(18-20-10-5-2-6-11-20)24-13-7-12-22(26(21)24)23(25)16-19-8-3-1-4-9-19/h1-6,8-11,21-24,26H,7,12-18H2/t21-,22+,23+,24+,26+/m1/s1. The molecule has 0 radical (unpaired) electrons. The summed E-state index contributed by atoms with van der Waals surface area (Å²) in [6.07, 6.45) is 6.82. The van der Waals surface area contributed by atoms with Gasteiger partial charge in [0, 0.05) is 24.9 Å². The Bertz CT molecular complexity index is 802. The lowest BCUT2D eigenvalue weighted by Crippen LogP contribution is -2.57. The van der Waals surface area contributed by atoms with E-state index in [1.807, 2.05) is 0 Å². The molecule has 5 atom stereocenters. The summed E-state index contributed by atoms with van der Waals surface area (Å²) in [5, 5.41) is 0. The van der Waals surface area contributed by atoms with Gasteiger partial charge in [-0.15, -0.1) is 0 Å². The van der Waals surface area contributed by atoms with E-state index in [1.165, 1.54) is 36.8 Å². The first-order valence-electron chi connectivity index (χ1n) is 11.1. The van der Waals surface area contributed by atoms with Gasteiger partial charge in [0.15, 0.2) is 0 Å². The Labute approximate surface area is 169 Å². The van der Waals surface area contributed by atoms with Crippen LogP contribution in [-0.4, -0.2) is 23.3 Å². The highest BCUT2D eigenvalue weighted by atomic mass is 16.1. The van der Waals surface area contributed by atoms with Gasteiger partial charge in [-0.05, 0) is 61.1 Å². The molecule has 0 N–H and O–H groups in total. The first-order chi connectivity index (χ1) is 13.8. The maximum atomic E-state index is 13.1. The lowest BCUT2D eigenvalue weighted by Gasteiger charge is -2.55. The third-order valence-electron chi connectivity index (χ3n) is 7.70. The minimum Gasteiger partial charge on any atom is -0.299 e. The van der Waals surface area contributed by atoms with Crippen molar-refractivity contribution in [1.82, 2.24) is 4.90 Å². The van der Waals surface area contributed by atoms with Gasteiger partial charge in [-0.1, -0.05) is 67.1 Å². The summed E-state index contributed by atoms with van der Waals surface area (Å²) in [4.78, 5) is 15.9. The molecule has 2 aliphatic carbocycles. The fourth-order valence-electron chi connectivity index (χ4n) is 6.52. The highest BCUT2D eigenvalue weighted by Gasteiger charge is 2.51. The number of carbonyl (C=O) groups is 1. The maximum Gasteiger partial charge on any atom is 0.136 e. The molecule has 2 nitrogen and oxygen atoms in total. The number of hydrogen-bond acceptors (Lipinski definition) is 2. The molecule has 3 aliphatic rings. The van der Waals surface area contributed by atoms with Crippen molar-refractivity contribution in [2.24, 2.45) is 23.7 Å². The Morgan fingerprint density at radius 3 is 2.32 bits per heavy atom. The molecule has 0 bridgehead atoms. The fraction of sp³-hybridized carbons (Fsp3) is 0.500. The molecular weight excluding hydrogens is 342 g/mol. The smallest absolute Gasteiger partial charge is 0.136 e. The molecule has 1 saturated heterocycles. The summed E-state index contributed by atoms with van der Waals surface area (Å²) in [6, 6.07) is 22.3. The number of hydrogen-bond donors (Lipinski definition) is 0. The Kier molecular flexibility index (Phi) is 5.07. The number of rotatable bonds is 4. The molecule has 2 heteroatoms. The predicted molar refractivity (Wildman–Crippen MR) is 113 cm³/mol. The van der Waals surface area contributed by atoms with Crippen molar-refractivity contribution in [2.45, 2.75) is 51.1 Å². The lowest BCUT2D eigenvalue weighted by atomic mass is 9.55. The molecule has 5 rings (SSSR count). The minimum atomic E-state index is 0.239. The van der Waals surface area contributed by atoms with Crippen LogP contribution in [0.3, 0.4) is 0 Å². The van der Waals surface area contributed by atoms with E-state index in [4.69, 9.17) is 0 Å². The molecule has 146 valence electrons. The van der Waals surface area contributed by atoms with Crippen molar-refractivity contribution in [1.29, 1.82) is 0 Å². The average Bonchev–Trinajstić information content (AvgIpc) is 2.74. The number of piperidine rings is 1. The van der Waals surface area contributed by atoms with Gasteiger partial charge >= 0.3 is 0 Å². The first-order valence-corrected chi connectivity index (χ1v) is 11.1. The predicted octanol–water partition coefficient (Wildman–Crippen LogP) is 5.13.